The summed E-state index contributed by atoms with van der Waals surface area (Å²) >= 11 is 5.94. The highest BCUT2D eigenvalue weighted by atomic mass is 35.5. The van der Waals surface area contributed by atoms with Gasteiger partial charge in [-0.25, -0.2) is 4.68 Å². The van der Waals surface area contributed by atoms with Crippen molar-refractivity contribution in [1.29, 1.82) is 0 Å². The van der Waals surface area contributed by atoms with Gasteiger partial charge in [0.15, 0.2) is 0 Å². The highest BCUT2D eigenvalue weighted by Gasteiger charge is 2.41. The SMILES string of the molecule is C=CC(OCC)(C(O)c1ccc(Cl)cc1)n1nnc2ccccc21. The van der Waals surface area contributed by atoms with E-state index in [1.807, 2.05) is 31.2 Å². The number of aromatic nitrogens is 3. The zero-order valence-corrected chi connectivity index (χ0v) is 14.0. The maximum atomic E-state index is 11.1. The number of hydrogen-bond acceptors (Lipinski definition) is 4. The maximum Gasteiger partial charge on any atom is 0.212 e. The van der Waals surface area contributed by atoms with Gasteiger partial charge in [0.2, 0.25) is 5.72 Å². The van der Waals surface area contributed by atoms with E-state index in [1.54, 1.807) is 35.0 Å². The predicted octanol–water partition coefficient (Wildman–Crippen LogP) is 3.69. The van der Waals surface area contributed by atoms with E-state index >= 15 is 0 Å². The highest BCUT2D eigenvalue weighted by molar-refractivity contribution is 6.30. The van der Waals surface area contributed by atoms with Crippen LogP contribution in [0.5, 0.6) is 0 Å². The number of rotatable bonds is 6. The Morgan fingerprint density at radius 2 is 2.00 bits per heavy atom. The van der Waals surface area contributed by atoms with E-state index in [1.165, 1.54) is 0 Å². The number of nitrogens with zero attached hydrogens (tertiary/aromatic N) is 3. The molecule has 3 aromatic rings. The molecule has 0 fully saturated rings. The Bertz CT molecular complexity index is 847. The van der Waals surface area contributed by atoms with E-state index in [4.69, 9.17) is 16.3 Å². The molecule has 24 heavy (non-hydrogen) atoms. The molecule has 0 aliphatic carbocycles. The fourth-order valence-corrected chi connectivity index (χ4v) is 2.88. The summed E-state index contributed by atoms with van der Waals surface area (Å²) < 4.78 is 7.50. The lowest BCUT2D eigenvalue weighted by Crippen LogP contribution is -2.41. The number of ether oxygens (including phenoxy) is 1. The highest BCUT2D eigenvalue weighted by Crippen LogP contribution is 2.37. The third-order valence-electron chi connectivity index (χ3n) is 3.93. The molecule has 0 spiro atoms. The average Bonchev–Trinajstić information content (AvgIpc) is 3.04. The van der Waals surface area contributed by atoms with Gasteiger partial charge >= 0.3 is 0 Å². The smallest absolute Gasteiger partial charge is 0.212 e. The van der Waals surface area contributed by atoms with E-state index in [-0.39, 0.29) is 0 Å². The van der Waals surface area contributed by atoms with Gasteiger partial charge in [-0.2, -0.15) is 0 Å². The molecule has 1 N–H and O–H groups in total. The standard InChI is InChI=1S/C18H18ClN3O2/c1-3-18(24-4-2,17(23)13-9-11-14(19)12-10-13)22-16-8-6-5-7-15(16)20-21-22/h3,5-12,17,23H,1,4H2,2H3. The molecule has 5 nitrogen and oxygen atoms in total. The number of fused-ring (bicyclic) bond motifs is 1. The van der Waals surface area contributed by atoms with Crippen LogP contribution in [-0.2, 0) is 10.5 Å². The molecule has 0 amide bonds. The monoisotopic (exact) mass is 343 g/mol. The van der Waals surface area contributed by atoms with Crippen LogP contribution in [0.4, 0.5) is 0 Å². The Balaban J connectivity index is 2.17. The first-order valence-electron chi connectivity index (χ1n) is 7.64. The lowest BCUT2D eigenvalue weighted by Gasteiger charge is -2.35. The lowest BCUT2D eigenvalue weighted by molar-refractivity contribution is -0.149. The summed E-state index contributed by atoms with van der Waals surface area (Å²) in [5.74, 6) is 0. The second-order valence-electron chi connectivity index (χ2n) is 5.33. The minimum Gasteiger partial charge on any atom is -0.383 e. The average molecular weight is 344 g/mol. The molecule has 0 saturated carbocycles. The Kier molecular flexibility index (Phi) is 4.66. The molecule has 2 aromatic carbocycles. The molecule has 2 atom stereocenters. The van der Waals surface area contributed by atoms with Gasteiger partial charge in [0.25, 0.3) is 0 Å². The lowest BCUT2D eigenvalue weighted by atomic mass is 9.98. The predicted molar refractivity (Wildman–Crippen MR) is 93.7 cm³/mol. The van der Waals surface area contributed by atoms with Gasteiger partial charge in [-0.3, -0.25) is 0 Å². The summed E-state index contributed by atoms with van der Waals surface area (Å²) in [5, 5.41) is 20.0. The van der Waals surface area contributed by atoms with Crippen molar-refractivity contribution in [3.63, 3.8) is 0 Å². The van der Waals surface area contributed by atoms with E-state index in [2.05, 4.69) is 16.9 Å². The van der Waals surface area contributed by atoms with Crippen molar-refractivity contribution in [2.45, 2.75) is 18.8 Å². The summed E-state index contributed by atoms with van der Waals surface area (Å²) in [6.07, 6.45) is 0.522. The third-order valence-corrected chi connectivity index (χ3v) is 4.18. The molecule has 0 aliphatic heterocycles. The van der Waals surface area contributed by atoms with Gasteiger partial charge in [-0.05, 0) is 42.8 Å². The van der Waals surface area contributed by atoms with Crippen LogP contribution in [0.15, 0.2) is 61.2 Å². The van der Waals surface area contributed by atoms with Gasteiger partial charge in [-0.15, -0.1) is 5.10 Å². The Morgan fingerprint density at radius 3 is 2.67 bits per heavy atom. The van der Waals surface area contributed by atoms with Gasteiger partial charge in [0.1, 0.15) is 11.6 Å². The van der Waals surface area contributed by atoms with Crippen LogP contribution in [0.25, 0.3) is 11.0 Å². The summed E-state index contributed by atoms with van der Waals surface area (Å²) in [6.45, 7) is 6.10. The Labute approximate surface area is 145 Å². The summed E-state index contributed by atoms with van der Waals surface area (Å²) in [6, 6.07) is 14.4. The minimum absolute atomic E-state index is 0.366. The van der Waals surface area contributed by atoms with Crippen LogP contribution in [0.3, 0.4) is 0 Å². The first-order valence-corrected chi connectivity index (χ1v) is 8.02. The molecule has 2 unspecified atom stereocenters. The quantitative estimate of drug-likeness (QED) is 0.693. The van der Waals surface area contributed by atoms with E-state index < -0.39 is 11.8 Å². The molecule has 0 radical (unpaired) electrons. The largest absolute Gasteiger partial charge is 0.383 e. The zero-order chi connectivity index (χ0) is 17.2. The molecule has 3 rings (SSSR count). The van der Waals surface area contributed by atoms with Crippen LogP contribution in [-0.4, -0.2) is 26.7 Å². The minimum atomic E-state index is -1.28. The molecule has 124 valence electrons. The zero-order valence-electron chi connectivity index (χ0n) is 13.3. The van der Waals surface area contributed by atoms with Gasteiger partial charge < -0.3 is 9.84 Å². The Morgan fingerprint density at radius 1 is 1.29 bits per heavy atom. The van der Waals surface area contributed by atoms with Gasteiger partial charge in [0, 0.05) is 11.6 Å². The second kappa shape index (κ2) is 6.73. The number of aliphatic hydroxyl groups excluding tert-OH is 1. The second-order valence-corrected chi connectivity index (χ2v) is 5.77. The fourth-order valence-electron chi connectivity index (χ4n) is 2.76. The first kappa shape index (κ1) is 16.6. The molecular weight excluding hydrogens is 326 g/mol. The van der Waals surface area contributed by atoms with Crippen molar-refractivity contribution in [2.24, 2.45) is 0 Å². The molecule has 1 aromatic heterocycles. The molecular formula is C18H18ClN3O2. The summed E-state index contributed by atoms with van der Waals surface area (Å²) in [7, 11) is 0. The van der Waals surface area contributed by atoms with E-state index in [0.717, 1.165) is 5.52 Å². The number of para-hydroxylation sites is 1. The van der Waals surface area contributed by atoms with Gasteiger partial charge in [-0.1, -0.05) is 47.7 Å². The van der Waals surface area contributed by atoms with E-state index in [0.29, 0.717) is 22.7 Å². The maximum absolute atomic E-state index is 11.1. The number of halogens is 1. The molecule has 0 aliphatic rings. The van der Waals surface area contributed by atoms with Gasteiger partial charge in [0.05, 0.1) is 5.52 Å². The normalized spacial score (nSPS) is 15.1. The number of hydrogen-bond donors (Lipinski definition) is 1. The van der Waals surface area contributed by atoms with Crippen molar-refractivity contribution in [3.8, 4) is 0 Å². The van der Waals surface area contributed by atoms with Crippen LogP contribution >= 0.6 is 11.6 Å². The molecule has 0 bridgehead atoms. The molecule has 1 heterocycles. The van der Waals surface area contributed by atoms with Crippen LogP contribution in [0.2, 0.25) is 5.02 Å². The van der Waals surface area contributed by atoms with Crippen molar-refractivity contribution >= 4 is 22.6 Å². The van der Waals surface area contributed by atoms with Crippen molar-refractivity contribution in [3.05, 3.63) is 71.8 Å². The topological polar surface area (TPSA) is 60.2 Å². The summed E-state index contributed by atoms with van der Waals surface area (Å²) in [4.78, 5) is 0. The molecule has 6 heteroatoms. The van der Waals surface area contributed by atoms with Crippen molar-refractivity contribution in [2.75, 3.05) is 6.61 Å². The van der Waals surface area contributed by atoms with Crippen LogP contribution in [0, 0.1) is 0 Å². The van der Waals surface area contributed by atoms with Crippen LogP contribution in [0.1, 0.15) is 18.6 Å². The number of aliphatic hydroxyl groups is 1. The van der Waals surface area contributed by atoms with Crippen LogP contribution < -0.4 is 0 Å². The first-order chi connectivity index (χ1) is 11.6. The fraction of sp³-hybridized carbons (Fsp3) is 0.222. The Hall–Kier alpha value is -2.21. The molecule has 0 saturated heterocycles. The van der Waals surface area contributed by atoms with E-state index in [9.17, 15) is 5.11 Å². The third kappa shape index (κ3) is 2.71. The summed E-state index contributed by atoms with van der Waals surface area (Å²) in [5.41, 5.74) is 0.830. The number of benzene rings is 2. The van der Waals surface area contributed by atoms with Crippen molar-refractivity contribution in [1.82, 2.24) is 15.0 Å². The van der Waals surface area contributed by atoms with Crippen molar-refractivity contribution < 1.29 is 9.84 Å².